The van der Waals surface area contributed by atoms with Gasteiger partial charge in [-0.1, -0.05) is 45.0 Å². The lowest BCUT2D eigenvalue weighted by Crippen LogP contribution is -2.30. The van der Waals surface area contributed by atoms with Crippen molar-refractivity contribution in [3.05, 3.63) is 35.4 Å². The molecular weight excluding hydrogens is 226 g/mol. The molecule has 1 heterocycles. The van der Waals surface area contributed by atoms with Crippen molar-refractivity contribution in [2.75, 3.05) is 19.8 Å². The summed E-state index contributed by atoms with van der Waals surface area (Å²) in [6.45, 7) is 8.46. The molecule has 0 unspecified atom stereocenters. The summed E-state index contributed by atoms with van der Waals surface area (Å²) in [6, 6.07) is 8.50. The number of benzene rings is 1. The Bertz CT molecular complexity index is 386. The second kappa shape index (κ2) is 5.00. The van der Waals surface area contributed by atoms with Crippen LogP contribution in [-0.2, 0) is 20.7 Å². The van der Waals surface area contributed by atoms with Gasteiger partial charge in [0.25, 0.3) is 0 Å². The number of nitrogens with two attached hydrogens (primary N) is 1. The van der Waals surface area contributed by atoms with Gasteiger partial charge in [0.1, 0.15) is 0 Å². The number of hydrogen-bond donors (Lipinski definition) is 1. The van der Waals surface area contributed by atoms with E-state index in [1.54, 1.807) is 0 Å². The highest BCUT2D eigenvalue weighted by molar-refractivity contribution is 5.30. The van der Waals surface area contributed by atoms with Gasteiger partial charge < -0.3 is 15.2 Å². The van der Waals surface area contributed by atoms with Crippen molar-refractivity contribution < 1.29 is 9.47 Å². The first-order valence-corrected chi connectivity index (χ1v) is 6.57. The Hall–Kier alpha value is -0.900. The topological polar surface area (TPSA) is 44.5 Å². The lowest BCUT2D eigenvalue weighted by molar-refractivity contribution is -0.168. The molecule has 1 aliphatic heterocycles. The van der Waals surface area contributed by atoms with E-state index in [0.717, 1.165) is 5.56 Å². The molecule has 0 aliphatic carbocycles. The SMILES string of the molecule is CC(C)(C)c1ccc(C2(CCN)OCCO2)cc1. The van der Waals surface area contributed by atoms with E-state index in [-0.39, 0.29) is 5.41 Å². The summed E-state index contributed by atoms with van der Waals surface area (Å²) in [7, 11) is 0. The minimum Gasteiger partial charge on any atom is -0.343 e. The summed E-state index contributed by atoms with van der Waals surface area (Å²) < 4.78 is 11.6. The molecule has 100 valence electrons. The quantitative estimate of drug-likeness (QED) is 0.895. The third-order valence-electron chi connectivity index (χ3n) is 3.42. The largest absolute Gasteiger partial charge is 0.343 e. The summed E-state index contributed by atoms with van der Waals surface area (Å²) in [5, 5.41) is 0. The maximum atomic E-state index is 5.79. The molecule has 1 aliphatic rings. The molecule has 1 aromatic rings. The minimum absolute atomic E-state index is 0.164. The first-order chi connectivity index (χ1) is 8.48. The van der Waals surface area contributed by atoms with Gasteiger partial charge in [-0.2, -0.15) is 0 Å². The van der Waals surface area contributed by atoms with Gasteiger partial charge in [0, 0.05) is 12.0 Å². The second-order valence-electron chi connectivity index (χ2n) is 5.82. The molecule has 0 amide bonds. The molecule has 3 heteroatoms. The zero-order valence-electron chi connectivity index (χ0n) is 11.5. The maximum absolute atomic E-state index is 5.79. The van der Waals surface area contributed by atoms with Gasteiger partial charge >= 0.3 is 0 Å². The van der Waals surface area contributed by atoms with Gasteiger partial charge in [-0.05, 0) is 17.5 Å². The second-order valence-corrected chi connectivity index (χ2v) is 5.82. The Labute approximate surface area is 109 Å². The van der Waals surface area contributed by atoms with Crippen LogP contribution in [0.3, 0.4) is 0 Å². The predicted molar refractivity (Wildman–Crippen MR) is 72.4 cm³/mol. The molecule has 0 radical (unpaired) electrons. The summed E-state index contributed by atoms with van der Waals surface area (Å²) in [5.74, 6) is -0.620. The number of ether oxygens (including phenoxy) is 2. The Morgan fingerprint density at radius 1 is 1.11 bits per heavy atom. The van der Waals surface area contributed by atoms with E-state index in [0.29, 0.717) is 26.2 Å². The smallest absolute Gasteiger partial charge is 0.196 e. The van der Waals surface area contributed by atoms with E-state index in [4.69, 9.17) is 15.2 Å². The van der Waals surface area contributed by atoms with E-state index in [1.807, 2.05) is 0 Å². The highest BCUT2D eigenvalue weighted by atomic mass is 16.7. The molecule has 0 spiro atoms. The normalized spacial score (nSPS) is 19.1. The lowest BCUT2D eigenvalue weighted by atomic mass is 9.86. The molecule has 18 heavy (non-hydrogen) atoms. The van der Waals surface area contributed by atoms with Gasteiger partial charge in [-0.15, -0.1) is 0 Å². The van der Waals surface area contributed by atoms with E-state index < -0.39 is 5.79 Å². The van der Waals surface area contributed by atoms with Crippen molar-refractivity contribution in [2.45, 2.75) is 38.4 Å². The predicted octanol–water partition coefficient (Wildman–Crippen LogP) is 2.53. The van der Waals surface area contributed by atoms with Crippen LogP contribution in [0.15, 0.2) is 24.3 Å². The van der Waals surface area contributed by atoms with E-state index in [9.17, 15) is 0 Å². The van der Waals surface area contributed by atoms with Crippen molar-refractivity contribution in [1.82, 2.24) is 0 Å². The monoisotopic (exact) mass is 249 g/mol. The highest BCUT2D eigenvalue weighted by Crippen LogP contribution is 2.35. The Morgan fingerprint density at radius 2 is 1.67 bits per heavy atom. The molecule has 2 N–H and O–H groups in total. The molecule has 0 saturated carbocycles. The van der Waals surface area contributed by atoms with Gasteiger partial charge in [0.2, 0.25) is 0 Å². The molecule has 0 bridgehead atoms. The van der Waals surface area contributed by atoms with Crippen molar-refractivity contribution in [3.63, 3.8) is 0 Å². The van der Waals surface area contributed by atoms with Crippen molar-refractivity contribution in [2.24, 2.45) is 5.73 Å². The molecule has 1 saturated heterocycles. The number of rotatable bonds is 3. The molecule has 3 nitrogen and oxygen atoms in total. The summed E-state index contributed by atoms with van der Waals surface area (Å²) in [6.07, 6.45) is 0.696. The summed E-state index contributed by atoms with van der Waals surface area (Å²) in [5.41, 5.74) is 8.21. The summed E-state index contributed by atoms with van der Waals surface area (Å²) in [4.78, 5) is 0. The van der Waals surface area contributed by atoms with Gasteiger partial charge in [0.05, 0.1) is 13.2 Å². The van der Waals surface area contributed by atoms with E-state index in [2.05, 4.69) is 45.0 Å². The van der Waals surface area contributed by atoms with E-state index >= 15 is 0 Å². The fourth-order valence-corrected chi connectivity index (χ4v) is 2.32. The molecule has 1 fully saturated rings. The van der Waals surface area contributed by atoms with Crippen molar-refractivity contribution in [1.29, 1.82) is 0 Å². The fraction of sp³-hybridized carbons (Fsp3) is 0.600. The van der Waals surface area contributed by atoms with Crippen LogP contribution in [0.5, 0.6) is 0 Å². The number of hydrogen-bond acceptors (Lipinski definition) is 3. The van der Waals surface area contributed by atoms with Crippen LogP contribution in [0.2, 0.25) is 0 Å². The van der Waals surface area contributed by atoms with Crippen LogP contribution in [0.4, 0.5) is 0 Å². The molecule has 1 aromatic carbocycles. The first-order valence-electron chi connectivity index (χ1n) is 6.57. The van der Waals surface area contributed by atoms with Gasteiger partial charge in [-0.25, -0.2) is 0 Å². The minimum atomic E-state index is -0.620. The molecular formula is C15H23NO2. The van der Waals surface area contributed by atoms with Crippen LogP contribution in [0, 0.1) is 0 Å². The average molecular weight is 249 g/mol. The zero-order chi connectivity index (χ0) is 13.2. The molecule has 2 rings (SSSR count). The standard InChI is InChI=1S/C15H23NO2/c1-14(2,3)12-4-6-13(7-5-12)15(8-9-16)17-10-11-18-15/h4-7H,8-11,16H2,1-3H3. The average Bonchev–Trinajstić information content (AvgIpc) is 2.78. The Morgan fingerprint density at radius 3 is 2.11 bits per heavy atom. The van der Waals surface area contributed by atoms with Crippen molar-refractivity contribution in [3.8, 4) is 0 Å². The van der Waals surface area contributed by atoms with Gasteiger partial charge in [0.15, 0.2) is 5.79 Å². The fourth-order valence-electron chi connectivity index (χ4n) is 2.32. The van der Waals surface area contributed by atoms with Crippen molar-refractivity contribution >= 4 is 0 Å². The highest BCUT2D eigenvalue weighted by Gasteiger charge is 2.37. The maximum Gasteiger partial charge on any atom is 0.196 e. The van der Waals surface area contributed by atoms with Crippen LogP contribution in [-0.4, -0.2) is 19.8 Å². The lowest BCUT2D eigenvalue weighted by Gasteiger charge is -2.28. The van der Waals surface area contributed by atoms with Crippen LogP contribution >= 0.6 is 0 Å². The Balaban J connectivity index is 2.27. The van der Waals surface area contributed by atoms with Gasteiger partial charge in [-0.3, -0.25) is 0 Å². The van der Waals surface area contributed by atoms with E-state index in [1.165, 1.54) is 5.56 Å². The van der Waals surface area contributed by atoms with Crippen LogP contribution in [0.1, 0.15) is 38.3 Å². The molecule has 0 atom stereocenters. The third kappa shape index (κ3) is 2.58. The molecule has 0 aromatic heterocycles. The third-order valence-corrected chi connectivity index (χ3v) is 3.42. The zero-order valence-corrected chi connectivity index (χ0v) is 11.5. The summed E-state index contributed by atoms with van der Waals surface area (Å²) >= 11 is 0. The Kier molecular flexibility index (Phi) is 3.76. The first kappa shape index (κ1) is 13.5. The van der Waals surface area contributed by atoms with Crippen LogP contribution in [0.25, 0.3) is 0 Å². The van der Waals surface area contributed by atoms with Crippen LogP contribution < -0.4 is 5.73 Å².